The third-order valence-corrected chi connectivity index (χ3v) is 5.24. The van der Waals surface area contributed by atoms with Gasteiger partial charge in [0.1, 0.15) is 0 Å². The zero-order chi connectivity index (χ0) is 10.3. The van der Waals surface area contributed by atoms with Gasteiger partial charge in [0.2, 0.25) is 0 Å². The van der Waals surface area contributed by atoms with E-state index in [1.54, 1.807) is 0 Å². The van der Waals surface area contributed by atoms with Crippen LogP contribution >= 0.6 is 11.8 Å². The van der Waals surface area contributed by atoms with Gasteiger partial charge >= 0.3 is 0 Å². The summed E-state index contributed by atoms with van der Waals surface area (Å²) in [5, 5.41) is 13.9. The Kier molecular flexibility index (Phi) is 2.74. The van der Waals surface area contributed by atoms with E-state index in [4.69, 9.17) is 0 Å². The van der Waals surface area contributed by atoms with Gasteiger partial charge in [-0.3, -0.25) is 0 Å². The monoisotopic (exact) mass is 227 g/mol. The lowest BCUT2D eigenvalue weighted by Crippen LogP contribution is -2.46. The van der Waals surface area contributed by atoms with E-state index in [1.807, 2.05) is 11.8 Å². The molecule has 1 saturated heterocycles. The van der Waals surface area contributed by atoms with Crippen molar-refractivity contribution in [1.82, 2.24) is 5.32 Å². The van der Waals surface area contributed by atoms with Gasteiger partial charge in [-0.2, -0.15) is 11.8 Å². The molecular formula is C12H21NOS. The van der Waals surface area contributed by atoms with E-state index in [0.717, 1.165) is 42.3 Å². The van der Waals surface area contributed by atoms with Crippen LogP contribution in [0.3, 0.4) is 0 Å². The minimum atomic E-state index is -0.396. The summed E-state index contributed by atoms with van der Waals surface area (Å²) in [4.78, 5) is 0. The summed E-state index contributed by atoms with van der Waals surface area (Å²) in [6, 6.07) is 0.736. The maximum absolute atomic E-state index is 10.3. The van der Waals surface area contributed by atoms with E-state index in [9.17, 15) is 5.11 Å². The van der Waals surface area contributed by atoms with E-state index in [0.29, 0.717) is 0 Å². The number of aliphatic hydroxyl groups is 1. The molecule has 2 aliphatic carbocycles. The van der Waals surface area contributed by atoms with Crippen LogP contribution in [0.2, 0.25) is 0 Å². The van der Waals surface area contributed by atoms with Gasteiger partial charge in [0.15, 0.2) is 0 Å². The van der Waals surface area contributed by atoms with Gasteiger partial charge in [0.25, 0.3) is 0 Å². The van der Waals surface area contributed by atoms with Crippen molar-refractivity contribution in [3.63, 3.8) is 0 Å². The summed E-state index contributed by atoms with van der Waals surface area (Å²) in [5.41, 5.74) is -0.396. The summed E-state index contributed by atoms with van der Waals surface area (Å²) >= 11 is 1.89. The van der Waals surface area contributed by atoms with Crippen molar-refractivity contribution in [2.75, 3.05) is 18.1 Å². The first-order valence-electron chi connectivity index (χ1n) is 6.30. The molecule has 0 aromatic carbocycles. The zero-order valence-electron chi connectivity index (χ0n) is 9.24. The van der Waals surface area contributed by atoms with Gasteiger partial charge in [-0.15, -0.1) is 0 Å². The van der Waals surface area contributed by atoms with Gasteiger partial charge in [0, 0.05) is 18.3 Å². The molecule has 1 unspecified atom stereocenters. The van der Waals surface area contributed by atoms with Crippen LogP contribution in [0.15, 0.2) is 0 Å². The molecule has 2 saturated carbocycles. The Morgan fingerprint density at radius 3 is 2.40 bits per heavy atom. The topological polar surface area (TPSA) is 32.3 Å². The smallest absolute Gasteiger partial charge is 0.0869 e. The molecule has 1 heterocycles. The molecule has 0 bridgehead atoms. The first-order chi connectivity index (χ1) is 7.27. The van der Waals surface area contributed by atoms with E-state index in [-0.39, 0.29) is 0 Å². The van der Waals surface area contributed by atoms with Crippen molar-refractivity contribution in [1.29, 1.82) is 0 Å². The Hall–Kier alpha value is 0.270. The van der Waals surface area contributed by atoms with Crippen LogP contribution in [0.25, 0.3) is 0 Å². The highest BCUT2D eigenvalue weighted by molar-refractivity contribution is 7.99. The third kappa shape index (κ3) is 2.51. The van der Waals surface area contributed by atoms with Crippen LogP contribution in [0.1, 0.15) is 32.1 Å². The van der Waals surface area contributed by atoms with Crippen molar-refractivity contribution >= 4 is 11.8 Å². The fourth-order valence-corrected chi connectivity index (χ4v) is 3.97. The first-order valence-corrected chi connectivity index (χ1v) is 7.46. The first kappa shape index (κ1) is 10.4. The molecule has 15 heavy (non-hydrogen) atoms. The highest BCUT2D eigenvalue weighted by Crippen LogP contribution is 2.44. The Morgan fingerprint density at radius 2 is 1.93 bits per heavy atom. The molecular weight excluding hydrogens is 206 g/mol. The van der Waals surface area contributed by atoms with E-state index in [1.165, 1.54) is 25.7 Å². The molecule has 86 valence electrons. The molecule has 2 nitrogen and oxygen atoms in total. The second-order valence-electron chi connectivity index (χ2n) is 5.61. The fourth-order valence-electron chi connectivity index (χ4n) is 2.67. The van der Waals surface area contributed by atoms with Crippen molar-refractivity contribution in [3.8, 4) is 0 Å². The molecule has 3 aliphatic rings. The average molecular weight is 227 g/mol. The normalized spacial score (nSPS) is 36.4. The number of thioether (sulfide) groups is 1. The van der Waals surface area contributed by atoms with Crippen molar-refractivity contribution < 1.29 is 5.11 Å². The fraction of sp³-hybridized carbons (Fsp3) is 1.00. The zero-order valence-corrected chi connectivity index (χ0v) is 10.1. The van der Waals surface area contributed by atoms with Crippen LogP contribution in [-0.2, 0) is 0 Å². The van der Waals surface area contributed by atoms with Crippen molar-refractivity contribution in [3.05, 3.63) is 0 Å². The molecule has 0 aromatic rings. The predicted molar refractivity (Wildman–Crippen MR) is 64.1 cm³/mol. The van der Waals surface area contributed by atoms with Crippen LogP contribution in [0.4, 0.5) is 0 Å². The summed E-state index contributed by atoms with van der Waals surface area (Å²) in [7, 11) is 0. The number of rotatable bonds is 5. The quantitative estimate of drug-likeness (QED) is 0.749. The molecule has 3 rings (SSSR count). The SMILES string of the molecule is OC1(CNC(C2CC2)C2CC2)CCSC1. The largest absolute Gasteiger partial charge is 0.388 e. The van der Waals surface area contributed by atoms with Crippen LogP contribution < -0.4 is 5.32 Å². The standard InChI is InChI=1S/C12H21NOS/c14-12(5-6-15-8-12)7-13-11(9-1-2-9)10-3-4-10/h9-11,13-14H,1-8H2. The molecule has 3 heteroatoms. The minimum absolute atomic E-state index is 0.396. The summed E-state index contributed by atoms with van der Waals surface area (Å²) in [6.45, 7) is 0.831. The maximum atomic E-state index is 10.3. The van der Waals surface area contributed by atoms with E-state index in [2.05, 4.69) is 5.32 Å². The van der Waals surface area contributed by atoms with Gasteiger partial charge < -0.3 is 10.4 Å². The predicted octanol–water partition coefficient (Wildman–Crippen LogP) is 1.63. The average Bonchev–Trinajstić information content (AvgIpc) is 3.09. The molecule has 2 N–H and O–H groups in total. The Morgan fingerprint density at radius 1 is 1.27 bits per heavy atom. The Labute approximate surface area is 96.2 Å². The molecule has 0 radical (unpaired) electrons. The second-order valence-corrected chi connectivity index (χ2v) is 6.71. The summed E-state index contributed by atoms with van der Waals surface area (Å²) in [6.07, 6.45) is 6.65. The van der Waals surface area contributed by atoms with Crippen LogP contribution in [0, 0.1) is 11.8 Å². The number of nitrogens with one attached hydrogen (secondary N) is 1. The minimum Gasteiger partial charge on any atom is -0.388 e. The van der Waals surface area contributed by atoms with Crippen LogP contribution in [0.5, 0.6) is 0 Å². The van der Waals surface area contributed by atoms with E-state index < -0.39 is 5.60 Å². The molecule has 1 aliphatic heterocycles. The van der Waals surface area contributed by atoms with Crippen LogP contribution in [-0.4, -0.2) is 34.8 Å². The summed E-state index contributed by atoms with van der Waals surface area (Å²) in [5.74, 6) is 3.95. The summed E-state index contributed by atoms with van der Waals surface area (Å²) < 4.78 is 0. The lowest BCUT2D eigenvalue weighted by atomic mass is 10.0. The van der Waals surface area contributed by atoms with Crippen molar-refractivity contribution in [2.24, 2.45) is 11.8 Å². The second kappa shape index (κ2) is 3.94. The maximum Gasteiger partial charge on any atom is 0.0869 e. The Balaban J connectivity index is 1.50. The number of hydrogen-bond acceptors (Lipinski definition) is 3. The van der Waals surface area contributed by atoms with Gasteiger partial charge in [-0.1, -0.05) is 0 Å². The van der Waals surface area contributed by atoms with Crippen molar-refractivity contribution in [2.45, 2.75) is 43.7 Å². The van der Waals surface area contributed by atoms with E-state index >= 15 is 0 Å². The molecule has 0 aromatic heterocycles. The highest BCUT2D eigenvalue weighted by atomic mass is 32.2. The lowest BCUT2D eigenvalue weighted by molar-refractivity contribution is 0.0627. The molecule has 3 fully saturated rings. The van der Waals surface area contributed by atoms with Gasteiger partial charge in [-0.25, -0.2) is 0 Å². The third-order valence-electron chi connectivity index (χ3n) is 4.01. The lowest BCUT2D eigenvalue weighted by Gasteiger charge is -2.26. The highest BCUT2D eigenvalue weighted by Gasteiger charge is 2.42. The molecule has 0 spiro atoms. The van der Waals surface area contributed by atoms with Gasteiger partial charge in [0.05, 0.1) is 5.60 Å². The van der Waals surface area contributed by atoms with Gasteiger partial charge in [-0.05, 0) is 49.7 Å². The molecule has 1 atom stereocenters. The number of hydrogen-bond donors (Lipinski definition) is 2. The Bertz CT molecular complexity index is 220. The molecule has 0 amide bonds.